The van der Waals surface area contributed by atoms with Gasteiger partial charge in [-0.1, -0.05) is 12.1 Å². The van der Waals surface area contributed by atoms with Crippen molar-refractivity contribution in [3.8, 4) is 0 Å². The van der Waals surface area contributed by atoms with Gasteiger partial charge in [0.15, 0.2) is 5.82 Å². The van der Waals surface area contributed by atoms with Crippen LogP contribution in [-0.4, -0.2) is 38.3 Å². The monoisotopic (exact) mass is 317 g/mol. The molecule has 0 amide bonds. The maximum atomic E-state index is 14.5. The van der Waals surface area contributed by atoms with Gasteiger partial charge in [0.2, 0.25) is 5.56 Å². The van der Waals surface area contributed by atoms with E-state index in [-0.39, 0.29) is 18.0 Å². The molecular weight excluding hydrogens is 297 g/mol. The van der Waals surface area contributed by atoms with Crippen molar-refractivity contribution in [1.29, 1.82) is 0 Å². The highest BCUT2D eigenvalue weighted by Crippen LogP contribution is 2.25. The van der Waals surface area contributed by atoms with Crippen molar-refractivity contribution in [3.05, 3.63) is 58.3 Å². The summed E-state index contributed by atoms with van der Waals surface area (Å²) in [6.07, 6.45) is 1.72. The van der Waals surface area contributed by atoms with Crippen LogP contribution in [0, 0.1) is 5.82 Å². The summed E-state index contributed by atoms with van der Waals surface area (Å²) in [5.74, 6) is -0.202. The molecule has 0 bridgehead atoms. The number of ether oxygens (including phenoxy) is 1. The maximum Gasteiger partial charge on any atom is 0.248 e. The molecule has 1 aromatic carbocycles. The van der Waals surface area contributed by atoms with Crippen molar-refractivity contribution >= 4 is 11.4 Å². The summed E-state index contributed by atoms with van der Waals surface area (Å²) >= 11 is 0. The summed E-state index contributed by atoms with van der Waals surface area (Å²) in [4.78, 5) is 18.1. The van der Waals surface area contributed by atoms with Gasteiger partial charge in [0, 0.05) is 51.1 Å². The number of pyridine rings is 1. The van der Waals surface area contributed by atoms with E-state index in [4.69, 9.17) is 4.74 Å². The highest BCUT2D eigenvalue weighted by atomic mass is 19.1. The molecule has 1 aliphatic heterocycles. The number of halogens is 1. The molecule has 1 N–H and O–H groups in total. The van der Waals surface area contributed by atoms with Crippen LogP contribution in [0.2, 0.25) is 0 Å². The van der Waals surface area contributed by atoms with E-state index in [1.807, 2.05) is 18.2 Å². The van der Waals surface area contributed by atoms with Gasteiger partial charge < -0.3 is 19.5 Å². The number of hydrogen-bond acceptors (Lipinski definition) is 4. The molecule has 5 nitrogen and oxygen atoms in total. The third-order valence-electron chi connectivity index (χ3n) is 4.11. The first-order valence-corrected chi connectivity index (χ1v) is 7.64. The van der Waals surface area contributed by atoms with Crippen LogP contribution < -0.4 is 15.4 Å². The molecular formula is C17H20FN3O2. The van der Waals surface area contributed by atoms with Crippen LogP contribution in [0.25, 0.3) is 0 Å². The third kappa shape index (κ3) is 3.37. The fraction of sp³-hybridized carbons (Fsp3) is 0.353. The average Bonchev–Trinajstić information content (AvgIpc) is 2.58. The van der Waals surface area contributed by atoms with Crippen molar-refractivity contribution < 1.29 is 9.13 Å². The third-order valence-corrected chi connectivity index (χ3v) is 4.11. The number of rotatable bonds is 4. The molecule has 3 rings (SSSR count). The minimum absolute atomic E-state index is 0.107. The van der Waals surface area contributed by atoms with Crippen LogP contribution in [0.3, 0.4) is 0 Å². The van der Waals surface area contributed by atoms with Crippen LogP contribution in [0.5, 0.6) is 0 Å². The highest BCUT2D eigenvalue weighted by molar-refractivity contribution is 5.53. The first-order valence-electron chi connectivity index (χ1n) is 7.64. The Morgan fingerprint density at radius 3 is 2.52 bits per heavy atom. The normalized spacial score (nSPS) is 15.0. The average molecular weight is 317 g/mol. The van der Waals surface area contributed by atoms with Crippen molar-refractivity contribution in [3.63, 3.8) is 0 Å². The second-order valence-electron chi connectivity index (χ2n) is 5.57. The zero-order chi connectivity index (χ0) is 16.2. The maximum absolute atomic E-state index is 14.5. The molecule has 2 heterocycles. The Hall–Kier alpha value is -2.34. The lowest BCUT2D eigenvalue weighted by molar-refractivity contribution is 0.181. The summed E-state index contributed by atoms with van der Waals surface area (Å²) in [6, 6.07) is 8.76. The summed E-state index contributed by atoms with van der Waals surface area (Å²) in [5.41, 5.74) is 2.08. The minimum atomic E-state index is -0.202. The number of aromatic amines is 1. The molecule has 23 heavy (non-hydrogen) atoms. The highest BCUT2D eigenvalue weighted by Gasteiger charge is 2.21. The number of H-pyrrole nitrogens is 1. The van der Waals surface area contributed by atoms with E-state index >= 15 is 0 Å². The van der Waals surface area contributed by atoms with E-state index < -0.39 is 0 Å². The quantitative estimate of drug-likeness (QED) is 0.937. The van der Waals surface area contributed by atoms with Gasteiger partial charge >= 0.3 is 0 Å². The van der Waals surface area contributed by atoms with Gasteiger partial charge in [0.1, 0.15) is 0 Å². The summed E-state index contributed by atoms with van der Waals surface area (Å²) < 4.78 is 19.6. The molecule has 1 aromatic heterocycles. The molecule has 1 saturated heterocycles. The molecule has 1 aliphatic rings. The molecule has 0 spiro atoms. The van der Waals surface area contributed by atoms with Gasteiger partial charge in [-0.15, -0.1) is 0 Å². The Morgan fingerprint density at radius 1 is 1.13 bits per heavy atom. The zero-order valence-corrected chi connectivity index (χ0v) is 13.1. The van der Waals surface area contributed by atoms with E-state index in [9.17, 15) is 9.18 Å². The lowest BCUT2D eigenvalue weighted by Gasteiger charge is -2.37. The molecule has 1 fully saturated rings. The predicted octanol–water partition coefficient (Wildman–Crippen LogP) is 1.99. The fourth-order valence-electron chi connectivity index (χ4n) is 2.88. The molecule has 2 aromatic rings. The minimum Gasteiger partial charge on any atom is -0.380 e. The number of nitrogens with one attached hydrogen (secondary N) is 1. The van der Waals surface area contributed by atoms with Gasteiger partial charge in [-0.25, -0.2) is 4.39 Å². The van der Waals surface area contributed by atoms with E-state index in [0.717, 1.165) is 31.9 Å². The Balaban J connectivity index is 1.70. The smallest absolute Gasteiger partial charge is 0.248 e. The fourth-order valence-corrected chi connectivity index (χ4v) is 2.88. The molecule has 0 saturated carbocycles. The van der Waals surface area contributed by atoms with Crippen molar-refractivity contribution in [1.82, 2.24) is 4.98 Å². The van der Waals surface area contributed by atoms with E-state index in [0.29, 0.717) is 11.3 Å². The second kappa shape index (κ2) is 6.83. The number of piperazine rings is 1. The molecule has 0 unspecified atom stereocenters. The SMILES string of the molecule is COCc1cccc(N2CCN(c3ccc(=O)[nH]c3)CC2)c1F. The lowest BCUT2D eigenvalue weighted by Crippen LogP contribution is -2.47. The second-order valence-corrected chi connectivity index (χ2v) is 5.57. The van der Waals surface area contributed by atoms with Crippen LogP contribution in [0.15, 0.2) is 41.3 Å². The van der Waals surface area contributed by atoms with E-state index in [2.05, 4.69) is 14.8 Å². The summed E-state index contributed by atoms with van der Waals surface area (Å²) in [5, 5.41) is 0. The molecule has 6 heteroatoms. The Morgan fingerprint density at radius 2 is 1.87 bits per heavy atom. The van der Waals surface area contributed by atoms with E-state index in [1.54, 1.807) is 19.4 Å². The van der Waals surface area contributed by atoms with Crippen molar-refractivity contribution in [2.75, 3.05) is 43.1 Å². The Labute approximate surface area is 134 Å². The number of hydrogen-bond donors (Lipinski definition) is 1. The van der Waals surface area contributed by atoms with Gasteiger partial charge in [-0.2, -0.15) is 0 Å². The van der Waals surface area contributed by atoms with Crippen LogP contribution in [0.1, 0.15) is 5.56 Å². The molecule has 0 atom stereocenters. The lowest BCUT2D eigenvalue weighted by atomic mass is 10.1. The van der Waals surface area contributed by atoms with Gasteiger partial charge in [-0.05, 0) is 12.1 Å². The first-order chi connectivity index (χ1) is 11.2. The Kier molecular flexibility index (Phi) is 4.62. The van der Waals surface area contributed by atoms with Crippen LogP contribution >= 0.6 is 0 Å². The van der Waals surface area contributed by atoms with E-state index in [1.165, 1.54) is 6.07 Å². The van der Waals surface area contributed by atoms with Crippen molar-refractivity contribution in [2.45, 2.75) is 6.61 Å². The van der Waals surface area contributed by atoms with Crippen LogP contribution in [0.4, 0.5) is 15.8 Å². The van der Waals surface area contributed by atoms with Gasteiger partial charge in [0.05, 0.1) is 18.0 Å². The summed E-state index contributed by atoms with van der Waals surface area (Å²) in [6.45, 7) is 3.29. The molecule has 0 aliphatic carbocycles. The largest absolute Gasteiger partial charge is 0.380 e. The zero-order valence-electron chi connectivity index (χ0n) is 13.1. The Bertz CT molecular complexity index is 704. The number of aromatic nitrogens is 1. The number of benzene rings is 1. The van der Waals surface area contributed by atoms with Gasteiger partial charge in [-0.3, -0.25) is 4.79 Å². The molecule has 0 radical (unpaired) electrons. The van der Waals surface area contributed by atoms with Crippen molar-refractivity contribution in [2.24, 2.45) is 0 Å². The number of anilines is 2. The number of methoxy groups -OCH3 is 1. The predicted molar refractivity (Wildman–Crippen MR) is 88.6 cm³/mol. The topological polar surface area (TPSA) is 48.6 Å². The molecule has 122 valence electrons. The van der Waals surface area contributed by atoms with Crippen LogP contribution in [-0.2, 0) is 11.3 Å². The standard InChI is InChI=1S/C17H20FN3O2/c1-23-12-13-3-2-4-15(17(13)18)21-9-7-20(8-10-21)14-5-6-16(22)19-11-14/h2-6,11H,7-10,12H2,1H3,(H,19,22). The number of nitrogens with zero attached hydrogens (tertiary/aromatic N) is 2. The first kappa shape index (κ1) is 15.6. The van der Waals surface area contributed by atoms with Gasteiger partial charge in [0.25, 0.3) is 0 Å². The summed E-state index contributed by atoms with van der Waals surface area (Å²) in [7, 11) is 1.56.